The average molecular weight is 589 g/mol. The number of phenolic OH excluding ortho intramolecular Hbond substituents is 1. The molecule has 8 heteroatoms. The molecule has 1 heterocycles. The van der Waals surface area contributed by atoms with Crippen LogP contribution in [-0.4, -0.2) is 42.4 Å². The molecular formula is C35H44N2O6. The Bertz CT molecular complexity index is 1580. The van der Waals surface area contributed by atoms with Crippen molar-refractivity contribution in [2.24, 2.45) is 0 Å². The van der Waals surface area contributed by atoms with Crippen LogP contribution in [0.25, 0.3) is 12.2 Å². The van der Waals surface area contributed by atoms with Crippen LogP contribution in [0.15, 0.2) is 47.4 Å². The first-order chi connectivity index (χ1) is 20.6. The minimum absolute atomic E-state index is 0.0183. The molecule has 8 nitrogen and oxygen atoms in total. The Kier molecular flexibility index (Phi) is 10.7. The van der Waals surface area contributed by atoms with E-state index in [0.29, 0.717) is 36.6 Å². The van der Waals surface area contributed by atoms with E-state index < -0.39 is 5.91 Å². The van der Waals surface area contributed by atoms with Gasteiger partial charge in [0.15, 0.2) is 11.5 Å². The van der Waals surface area contributed by atoms with Crippen molar-refractivity contribution in [1.29, 1.82) is 0 Å². The number of fused-ring (bicyclic) bond motifs is 1. The highest BCUT2D eigenvalue weighted by atomic mass is 16.5. The van der Waals surface area contributed by atoms with Crippen molar-refractivity contribution in [1.82, 2.24) is 4.98 Å². The van der Waals surface area contributed by atoms with E-state index in [4.69, 9.17) is 14.2 Å². The lowest BCUT2D eigenvalue weighted by atomic mass is 9.85. The lowest BCUT2D eigenvalue weighted by Crippen LogP contribution is -2.45. The van der Waals surface area contributed by atoms with Gasteiger partial charge in [-0.25, -0.2) is 0 Å². The number of pyridine rings is 1. The number of aromatic hydroxyl groups is 1. The number of phenols is 1. The standard InChI is InChI=1S/C35H44N2O6/c1-6-23(7-2)24-12-14-25(15-13-24)42-18-16-41-17-19-43-32-20-28(35(3,4)5)30(21-31(32)38)37-34(40)27-22-36-29-11-9-8-10-26(29)33(27)39/h10-15,20-23,36,38H,6-9,16-19H2,1-5H3,(H,37,40). The molecule has 230 valence electrons. The van der Waals surface area contributed by atoms with E-state index in [1.54, 1.807) is 6.07 Å². The number of anilines is 1. The second kappa shape index (κ2) is 14.4. The van der Waals surface area contributed by atoms with Crippen molar-refractivity contribution in [3.05, 3.63) is 80.1 Å². The highest BCUT2D eigenvalue weighted by Crippen LogP contribution is 2.38. The van der Waals surface area contributed by atoms with Crippen molar-refractivity contribution >= 4 is 23.7 Å². The summed E-state index contributed by atoms with van der Waals surface area (Å²) in [5.74, 6) is 1.02. The molecule has 0 spiro atoms. The maximum absolute atomic E-state index is 13.2. The van der Waals surface area contributed by atoms with Gasteiger partial charge >= 0.3 is 0 Å². The van der Waals surface area contributed by atoms with Crippen LogP contribution < -0.4 is 30.8 Å². The number of aromatic amines is 1. The second-order valence-electron chi connectivity index (χ2n) is 11.8. The number of amides is 1. The fourth-order valence-corrected chi connectivity index (χ4v) is 5.28. The predicted molar refractivity (Wildman–Crippen MR) is 171 cm³/mol. The van der Waals surface area contributed by atoms with Gasteiger partial charge in [0.25, 0.3) is 5.91 Å². The van der Waals surface area contributed by atoms with Gasteiger partial charge in [0, 0.05) is 28.5 Å². The molecule has 0 radical (unpaired) electrons. The molecule has 1 amide bonds. The lowest BCUT2D eigenvalue weighted by molar-refractivity contribution is 0.0757. The van der Waals surface area contributed by atoms with Crippen LogP contribution in [0.5, 0.6) is 17.2 Å². The molecule has 0 aliphatic heterocycles. The molecular weight excluding hydrogens is 544 g/mol. The minimum atomic E-state index is -0.542. The molecule has 1 aliphatic rings. The monoisotopic (exact) mass is 588 g/mol. The molecule has 0 fully saturated rings. The van der Waals surface area contributed by atoms with Crippen LogP contribution in [0.4, 0.5) is 5.69 Å². The van der Waals surface area contributed by atoms with Gasteiger partial charge in [-0.1, -0.05) is 58.9 Å². The topological polar surface area (TPSA) is 110 Å². The summed E-state index contributed by atoms with van der Waals surface area (Å²) in [5, 5.41) is 14.8. The second-order valence-corrected chi connectivity index (χ2v) is 11.8. The number of hydrogen-bond donors (Lipinski definition) is 3. The number of nitrogens with one attached hydrogen (secondary N) is 2. The Morgan fingerprint density at radius 2 is 1.65 bits per heavy atom. The first-order valence-electron chi connectivity index (χ1n) is 15.2. The molecule has 43 heavy (non-hydrogen) atoms. The number of benzene rings is 2. The molecule has 3 N–H and O–H groups in total. The lowest BCUT2D eigenvalue weighted by Gasteiger charge is -2.24. The summed E-state index contributed by atoms with van der Waals surface area (Å²) in [6.07, 6.45) is 9.11. The first-order valence-corrected chi connectivity index (χ1v) is 15.2. The zero-order valence-electron chi connectivity index (χ0n) is 25.9. The molecule has 2 aromatic carbocycles. The number of carbonyl (C=O) groups is 1. The molecule has 1 aliphatic carbocycles. The van der Waals surface area contributed by atoms with E-state index in [-0.39, 0.29) is 34.5 Å². The number of rotatable bonds is 13. The number of H-pyrrole nitrogens is 1. The summed E-state index contributed by atoms with van der Waals surface area (Å²) in [6, 6.07) is 11.4. The fraction of sp³-hybridized carbons (Fsp3) is 0.429. The van der Waals surface area contributed by atoms with Crippen molar-refractivity contribution < 1.29 is 24.1 Å². The molecule has 0 unspecified atom stereocenters. The molecule has 0 atom stereocenters. The fourth-order valence-electron chi connectivity index (χ4n) is 5.28. The predicted octanol–water partition coefficient (Wildman–Crippen LogP) is 5.36. The summed E-state index contributed by atoms with van der Waals surface area (Å²) in [6.45, 7) is 11.8. The van der Waals surface area contributed by atoms with E-state index in [1.165, 1.54) is 17.8 Å². The Hall–Kier alpha value is -4.04. The molecule has 3 aromatic rings. The average Bonchev–Trinajstić information content (AvgIpc) is 2.98. The molecule has 1 aromatic heterocycles. The Balaban J connectivity index is 1.32. The maximum Gasteiger partial charge on any atom is 0.261 e. The van der Waals surface area contributed by atoms with Crippen LogP contribution in [0.2, 0.25) is 0 Å². The van der Waals surface area contributed by atoms with Crippen LogP contribution in [0.1, 0.15) is 87.7 Å². The first kappa shape index (κ1) is 31.9. The number of aromatic nitrogens is 1. The summed E-state index contributed by atoms with van der Waals surface area (Å²) in [7, 11) is 0. The quantitative estimate of drug-likeness (QED) is 0.232. The third-order valence-electron chi connectivity index (χ3n) is 7.73. The summed E-state index contributed by atoms with van der Waals surface area (Å²) < 4.78 is 17.3. The normalized spacial score (nSPS) is 12.7. The van der Waals surface area contributed by atoms with E-state index in [9.17, 15) is 14.7 Å². The Labute approximate surface area is 253 Å². The van der Waals surface area contributed by atoms with Crippen LogP contribution in [0, 0.1) is 0 Å². The van der Waals surface area contributed by atoms with Gasteiger partial charge in [-0.15, -0.1) is 0 Å². The zero-order valence-corrected chi connectivity index (χ0v) is 25.9. The van der Waals surface area contributed by atoms with E-state index in [1.807, 2.05) is 45.1 Å². The van der Waals surface area contributed by atoms with E-state index >= 15 is 0 Å². The Morgan fingerprint density at radius 1 is 0.977 bits per heavy atom. The van der Waals surface area contributed by atoms with E-state index in [0.717, 1.165) is 42.3 Å². The van der Waals surface area contributed by atoms with Gasteiger partial charge in [0.05, 0.1) is 13.2 Å². The summed E-state index contributed by atoms with van der Waals surface area (Å²) in [5.41, 5.74) is 1.82. The number of hydrogen-bond acceptors (Lipinski definition) is 6. The van der Waals surface area contributed by atoms with Gasteiger partial charge in [0.2, 0.25) is 5.43 Å². The molecule has 0 saturated carbocycles. The minimum Gasteiger partial charge on any atom is -0.504 e. The Morgan fingerprint density at radius 3 is 2.33 bits per heavy atom. The zero-order chi connectivity index (χ0) is 31.0. The van der Waals surface area contributed by atoms with Crippen molar-refractivity contribution in [3.63, 3.8) is 0 Å². The number of ether oxygens (including phenoxy) is 3. The van der Waals surface area contributed by atoms with Gasteiger partial charge < -0.3 is 29.6 Å². The molecule has 4 rings (SSSR count). The van der Waals surface area contributed by atoms with Crippen LogP contribution in [0.3, 0.4) is 0 Å². The van der Waals surface area contributed by atoms with Gasteiger partial charge in [-0.05, 0) is 66.3 Å². The molecule has 0 bridgehead atoms. The summed E-state index contributed by atoms with van der Waals surface area (Å²) >= 11 is 0. The van der Waals surface area contributed by atoms with Crippen LogP contribution in [-0.2, 0) is 10.2 Å². The highest BCUT2D eigenvalue weighted by Gasteiger charge is 2.24. The van der Waals surface area contributed by atoms with Gasteiger partial charge in [0.1, 0.15) is 24.5 Å². The van der Waals surface area contributed by atoms with Crippen molar-refractivity contribution in [2.75, 3.05) is 31.7 Å². The largest absolute Gasteiger partial charge is 0.504 e. The maximum atomic E-state index is 13.2. The summed E-state index contributed by atoms with van der Waals surface area (Å²) in [4.78, 5) is 29.2. The van der Waals surface area contributed by atoms with Crippen molar-refractivity contribution in [3.8, 4) is 17.2 Å². The highest BCUT2D eigenvalue weighted by molar-refractivity contribution is 6.04. The van der Waals surface area contributed by atoms with E-state index in [2.05, 4.69) is 36.3 Å². The van der Waals surface area contributed by atoms with Gasteiger partial charge in [-0.3, -0.25) is 9.59 Å². The third-order valence-corrected chi connectivity index (χ3v) is 7.73. The van der Waals surface area contributed by atoms with Crippen molar-refractivity contribution in [2.45, 2.75) is 71.6 Å². The SMILES string of the molecule is CCC(CC)c1ccc(OCCOCCOc2cc(C(C)(C)C)c(NC(=O)c3c[nH]c4c(c3=O)=CCCC=4)cc2O)cc1. The smallest absolute Gasteiger partial charge is 0.261 e. The van der Waals surface area contributed by atoms with Crippen LogP contribution >= 0.6 is 0 Å². The van der Waals surface area contributed by atoms with Gasteiger partial charge in [-0.2, -0.15) is 0 Å². The third kappa shape index (κ3) is 8.08. The number of carbonyl (C=O) groups excluding carboxylic acids is 1. The molecule has 0 saturated heterocycles.